The molecule has 0 saturated carbocycles. The monoisotopic (exact) mass is 172 g/mol. The van der Waals surface area contributed by atoms with E-state index in [1.807, 2.05) is 0 Å². The van der Waals surface area contributed by atoms with Crippen LogP contribution in [0.25, 0.3) is 0 Å². The van der Waals surface area contributed by atoms with Crippen molar-refractivity contribution < 1.29 is 8.85 Å². The van der Waals surface area contributed by atoms with Crippen LogP contribution in [0.5, 0.6) is 0 Å². The molecule has 2 rings (SSSR count). The summed E-state index contributed by atoms with van der Waals surface area (Å²) in [7, 11) is -1.66. The van der Waals surface area contributed by atoms with Crippen molar-refractivity contribution in [3.63, 3.8) is 0 Å². The summed E-state index contributed by atoms with van der Waals surface area (Å²) >= 11 is 0. The van der Waals surface area contributed by atoms with Crippen molar-refractivity contribution >= 4 is 8.56 Å². The number of rotatable bonds is 1. The zero-order chi connectivity index (χ0) is 7.90. The molecule has 2 heterocycles. The SMILES string of the molecule is CC(C)[Si]12CCCC(CO1)O2. The Balaban J connectivity index is 2.13. The molecule has 2 nitrogen and oxygen atoms in total. The summed E-state index contributed by atoms with van der Waals surface area (Å²) in [6, 6.07) is 1.22. The van der Waals surface area contributed by atoms with Crippen LogP contribution in [0.2, 0.25) is 11.6 Å². The molecule has 0 aromatic carbocycles. The lowest BCUT2D eigenvalue weighted by molar-refractivity contribution is 0.195. The Hall–Kier alpha value is 0.137. The molecule has 2 aliphatic rings. The van der Waals surface area contributed by atoms with E-state index >= 15 is 0 Å². The molecule has 0 aromatic heterocycles. The average Bonchev–Trinajstić information content (AvgIpc) is 2.29. The van der Waals surface area contributed by atoms with E-state index in [1.54, 1.807) is 0 Å². The maximum atomic E-state index is 5.96. The Kier molecular flexibility index (Phi) is 1.82. The van der Waals surface area contributed by atoms with Crippen LogP contribution in [0.1, 0.15) is 26.7 Å². The molecule has 0 amide bonds. The van der Waals surface area contributed by atoms with Crippen molar-refractivity contribution in [1.29, 1.82) is 0 Å². The van der Waals surface area contributed by atoms with E-state index in [9.17, 15) is 0 Å². The molecule has 0 aromatic rings. The van der Waals surface area contributed by atoms with Crippen LogP contribution in [0, 0.1) is 0 Å². The van der Waals surface area contributed by atoms with Gasteiger partial charge >= 0.3 is 8.56 Å². The molecule has 2 unspecified atom stereocenters. The van der Waals surface area contributed by atoms with E-state index in [1.165, 1.54) is 18.9 Å². The van der Waals surface area contributed by atoms with Gasteiger partial charge in [0.2, 0.25) is 0 Å². The minimum Gasteiger partial charge on any atom is -0.391 e. The Labute approximate surface area is 69.1 Å². The second-order valence-corrected chi connectivity index (χ2v) is 7.71. The van der Waals surface area contributed by atoms with Crippen LogP contribution in [0.4, 0.5) is 0 Å². The molecule has 2 atom stereocenters. The highest BCUT2D eigenvalue weighted by molar-refractivity contribution is 6.69. The molecule has 2 aliphatic heterocycles. The third-order valence-electron chi connectivity index (χ3n) is 2.81. The quantitative estimate of drug-likeness (QED) is 0.564. The number of hydrogen-bond donors (Lipinski definition) is 0. The van der Waals surface area contributed by atoms with Gasteiger partial charge in [0.15, 0.2) is 0 Å². The summed E-state index contributed by atoms with van der Waals surface area (Å²) in [6.07, 6.45) is 3.01. The highest BCUT2D eigenvalue weighted by Gasteiger charge is 2.50. The highest BCUT2D eigenvalue weighted by Crippen LogP contribution is 2.40. The third-order valence-corrected chi connectivity index (χ3v) is 7.01. The van der Waals surface area contributed by atoms with E-state index < -0.39 is 8.56 Å². The van der Waals surface area contributed by atoms with Gasteiger partial charge in [0, 0.05) is 0 Å². The normalized spacial score (nSPS) is 43.4. The maximum absolute atomic E-state index is 5.96. The lowest BCUT2D eigenvalue weighted by atomic mass is 10.2. The molecule has 2 bridgehead atoms. The lowest BCUT2D eigenvalue weighted by Crippen LogP contribution is -2.42. The summed E-state index contributed by atoms with van der Waals surface area (Å²) < 4.78 is 11.8. The van der Waals surface area contributed by atoms with E-state index in [0.29, 0.717) is 11.6 Å². The molecular formula is C8H16O2Si. The first-order chi connectivity index (χ1) is 5.23. The second kappa shape index (κ2) is 2.57. The first-order valence-corrected chi connectivity index (χ1v) is 6.65. The number of fused-ring (bicyclic) bond motifs is 2. The molecule has 0 spiro atoms. The molecule has 0 N–H and O–H groups in total. The van der Waals surface area contributed by atoms with Gasteiger partial charge in [0.05, 0.1) is 12.7 Å². The summed E-state index contributed by atoms with van der Waals surface area (Å²) in [4.78, 5) is 0. The molecule has 2 saturated heterocycles. The average molecular weight is 172 g/mol. The van der Waals surface area contributed by atoms with Gasteiger partial charge in [-0.2, -0.15) is 0 Å². The highest BCUT2D eigenvalue weighted by atomic mass is 28.4. The first-order valence-electron chi connectivity index (χ1n) is 4.55. The predicted octanol–water partition coefficient (Wildman–Crippen LogP) is 2.05. The van der Waals surface area contributed by atoms with Crippen molar-refractivity contribution in [3.8, 4) is 0 Å². The fourth-order valence-electron chi connectivity index (χ4n) is 2.03. The van der Waals surface area contributed by atoms with Crippen LogP contribution in [-0.2, 0) is 8.85 Å². The van der Waals surface area contributed by atoms with Crippen molar-refractivity contribution in [2.45, 2.75) is 44.4 Å². The van der Waals surface area contributed by atoms with Crippen molar-refractivity contribution in [2.75, 3.05) is 6.61 Å². The van der Waals surface area contributed by atoms with Crippen LogP contribution in [0.15, 0.2) is 0 Å². The van der Waals surface area contributed by atoms with Crippen LogP contribution in [-0.4, -0.2) is 21.3 Å². The van der Waals surface area contributed by atoms with Gasteiger partial charge in [0.25, 0.3) is 0 Å². The fourth-order valence-corrected chi connectivity index (χ4v) is 5.45. The third kappa shape index (κ3) is 1.15. The van der Waals surface area contributed by atoms with Crippen LogP contribution < -0.4 is 0 Å². The van der Waals surface area contributed by atoms with Gasteiger partial charge in [-0.05, 0) is 24.4 Å². The zero-order valence-electron chi connectivity index (χ0n) is 7.30. The fraction of sp³-hybridized carbons (Fsp3) is 1.00. The summed E-state index contributed by atoms with van der Waals surface area (Å²) in [5, 5.41) is 0. The van der Waals surface area contributed by atoms with Crippen molar-refractivity contribution in [3.05, 3.63) is 0 Å². The molecule has 64 valence electrons. The van der Waals surface area contributed by atoms with E-state index in [-0.39, 0.29) is 0 Å². The Bertz CT molecular complexity index is 156. The maximum Gasteiger partial charge on any atom is 0.341 e. The molecule has 0 radical (unpaired) electrons. The molecular weight excluding hydrogens is 156 g/mol. The molecule has 3 heteroatoms. The van der Waals surface area contributed by atoms with Gasteiger partial charge in [0.1, 0.15) is 0 Å². The smallest absolute Gasteiger partial charge is 0.341 e. The minimum atomic E-state index is -1.66. The first kappa shape index (κ1) is 7.77. The lowest BCUT2D eigenvalue weighted by Gasteiger charge is -2.31. The Morgan fingerprint density at radius 2 is 2.27 bits per heavy atom. The molecule has 2 fully saturated rings. The summed E-state index contributed by atoms with van der Waals surface area (Å²) in [6.45, 7) is 5.35. The van der Waals surface area contributed by atoms with Gasteiger partial charge < -0.3 is 8.85 Å². The van der Waals surface area contributed by atoms with Crippen molar-refractivity contribution in [1.82, 2.24) is 0 Å². The van der Waals surface area contributed by atoms with E-state index in [0.717, 1.165) is 6.61 Å². The molecule has 11 heavy (non-hydrogen) atoms. The van der Waals surface area contributed by atoms with E-state index in [2.05, 4.69) is 13.8 Å². The van der Waals surface area contributed by atoms with Gasteiger partial charge in [-0.1, -0.05) is 13.8 Å². The second-order valence-electron chi connectivity index (χ2n) is 3.91. The van der Waals surface area contributed by atoms with Crippen LogP contribution in [0.3, 0.4) is 0 Å². The van der Waals surface area contributed by atoms with Gasteiger partial charge in [-0.25, -0.2) is 0 Å². The Morgan fingerprint density at radius 3 is 2.91 bits per heavy atom. The molecule has 0 aliphatic carbocycles. The summed E-state index contributed by atoms with van der Waals surface area (Å²) in [5.41, 5.74) is 0.632. The Morgan fingerprint density at radius 1 is 1.45 bits per heavy atom. The minimum absolute atomic E-state index is 0.456. The number of hydrogen-bond acceptors (Lipinski definition) is 2. The van der Waals surface area contributed by atoms with Crippen LogP contribution >= 0.6 is 0 Å². The zero-order valence-corrected chi connectivity index (χ0v) is 8.30. The summed E-state index contributed by atoms with van der Waals surface area (Å²) in [5.74, 6) is 0. The largest absolute Gasteiger partial charge is 0.391 e. The topological polar surface area (TPSA) is 18.5 Å². The van der Waals surface area contributed by atoms with Crippen molar-refractivity contribution in [2.24, 2.45) is 0 Å². The standard InChI is InChI=1S/C8H16O2Si/c1-7(2)11-5-3-4-8(10-11)6-9-11/h7-8H,3-6H2,1-2H3. The predicted molar refractivity (Wildman–Crippen MR) is 45.7 cm³/mol. The van der Waals surface area contributed by atoms with Gasteiger partial charge in [-0.15, -0.1) is 0 Å². The van der Waals surface area contributed by atoms with Gasteiger partial charge in [-0.3, -0.25) is 0 Å². The van der Waals surface area contributed by atoms with E-state index in [4.69, 9.17) is 8.85 Å².